The first-order valence-corrected chi connectivity index (χ1v) is 9.96. The molecule has 162 valence electrons. The Labute approximate surface area is 183 Å². The highest BCUT2D eigenvalue weighted by Crippen LogP contribution is 2.42. The zero-order chi connectivity index (χ0) is 22.1. The lowest BCUT2D eigenvalue weighted by atomic mass is 9.95. The zero-order valence-electron chi connectivity index (χ0n) is 16.6. The minimum absolute atomic E-state index is 0.0649. The number of phenolic OH excluding ortho intramolecular Hbond substituents is 1. The van der Waals surface area contributed by atoms with E-state index >= 15 is 0 Å². The van der Waals surface area contributed by atoms with Crippen LogP contribution in [0.2, 0.25) is 5.02 Å². The number of amides is 1. The Morgan fingerprint density at radius 3 is 2.71 bits per heavy atom. The molecule has 2 aliphatic heterocycles. The van der Waals surface area contributed by atoms with E-state index in [1.54, 1.807) is 31.4 Å². The van der Waals surface area contributed by atoms with Crippen LogP contribution in [0.15, 0.2) is 42.0 Å². The van der Waals surface area contributed by atoms with Crippen molar-refractivity contribution in [2.75, 3.05) is 27.1 Å². The lowest BCUT2D eigenvalue weighted by Crippen LogP contribution is -2.31. The summed E-state index contributed by atoms with van der Waals surface area (Å²) in [6.45, 7) is 0.698. The number of methoxy groups -OCH3 is 1. The van der Waals surface area contributed by atoms with E-state index in [4.69, 9.17) is 25.8 Å². The van der Waals surface area contributed by atoms with Gasteiger partial charge in [-0.1, -0.05) is 17.7 Å². The number of aromatic hydroxyl groups is 1. The van der Waals surface area contributed by atoms with Crippen molar-refractivity contribution in [2.45, 2.75) is 12.5 Å². The van der Waals surface area contributed by atoms with Crippen LogP contribution in [-0.4, -0.2) is 53.9 Å². The van der Waals surface area contributed by atoms with Crippen LogP contribution in [0.3, 0.4) is 0 Å². The molecule has 2 heterocycles. The molecule has 0 aromatic heterocycles. The van der Waals surface area contributed by atoms with Gasteiger partial charge in [-0.25, -0.2) is 0 Å². The second-order valence-electron chi connectivity index (χ2n) is 7.12. The van der Waals surface area contributed by atoms with Gasteiger partial charge in [-0.15, -0.1) is 0 Å². The van der Waals surface area contributed by atoms with Crippen LogP contribution in [0.5, 0.6) is 17.2 Å². The SMILES string of the molecule is COCCCN1C(=O)C(=O)/C(=C(\O)c2ccc3c(c2)OCO3)C1c1ccc(O)c(Cl)c1. The summed E-state index contributed by atoms with van der Waals surface area (Å²) in [5.41, 5.74) is 0.735. The summed E-state index contributed by atoms with van der Waals surface area (Å²) in [5.74, 6) is -1.03. The van der Waals surface area contributed by atoms with Gasteiger partial charge >= 0.3 is 0 Å². The second kappa shape index (κ2) is 8.49. The highest BCUT2D eigenvalue weighted by molar-refractivity contribution is 6.46. The largest absolute Gasteiger partial charge is 0.507 e. The molecule has 1 amide bonds. The van der Waals surface area contributed by atoms with Gasteiger partial charge in [0.05, 0.1) is 16.6 Å². The summed E-state index contributed by atoms with van der Waals surface area (Å²) in [7, 11) is 1.55. The third-order valence-electron chi connectivity index (χ3n) is 5.22. The molecule has 1 unspecified atom stereocenters. The fourth-order valence-corrected chi connectivity index (χ4v) is 3.92. The lowest BCUT2D eigenvalue weighted by Gasteiger charge is -2.25. The number of fused-ring (bicyclic) bond motifs is 1. The minimum Gasteiger partial charge on any atom is -0.507 e. The predicted octanol–water partition coefficient (Wildman–Crippen LogP) is 3.23. The summed E-state index contributed by atoms with van der Waals surface area (Å²) < 4.78 is 15.7. The Morgan fingerprint density at radius 2 is 1.97 bits per heavy atom. The Hall–Kier alpha value is -3.23. The van der Waals surface area contributed by atoms with Gasteiger partial charge in [0.1, 0.15) is 11.5 Å². The van der Waals surface area contributed by atoms with Gasteiger partial charge in [0.2, 0.25) is 6.79 Å². The fraction of sp³-hybridized carbons (Fsp3) is 0.273. The number of rotatable bonds is 6. The molecular weight excluding hydrogens is 426 g/mol. The number of likely N-dealkylation sites (tertiary alicyclic amines) is 1. The Kier molecular flexibility index (Phi) is 5.75. The maximum atomic E-state index is 13.0. The molecule has 9 heteroatoms. The Bertz CT molecular complexity index is 1080. The number of hydrogen-bond donors (Lipinski definition) is 2. The van der Waals surface area contributed by atoms with Gasteiger partial charge in [0, 0.05) is 25.8 Å². The molecule has 2 N–H and O–H groups in total. The number of hydrogen-bond acceptors (Lipinski definition) is 7. The molecule has 4 rings (SSSR count). The van der Waals surface area contributed by atoms with Gasteiger partial charge in [-0.3, -0.25) is 9.59 Å². The molecule has 2 aliphatic rings. The Morgan fingerprint density at radius 1 is 1.19 bits per heavy atom. The maximum Gasteiger partial charge on any atom is 0.295 e. The van der Waals surface area contributed by atoms with Crippen LogP contribution in [0.1, 0.15) is 23.6 Å². The molecule has 8 nitrogen and oxygen atoms in total. The number of nitrogens with zero attached hydrogens (tertiary/aromatic N) is 1. The molecule has 2 aromatic carbocycles. The van der Waals surface area contributed by atoms with Crippen LogP contribution < -0.4 is 9.47 Å². The smallest absolute Gasteiger partial charge is 0.295 e. The number of halogens is 1. The third kappa shape index (κ3) is 3.80. The number of aliphatic hydroxyl groups is 1. The number of phenols is 1. The van der Waals surface area contributed by atoms with E-state index in [-0.39, 0.29) is 35.4 Å². The van der Waals surface area contributed by atoms with Crippen LogP contribution in [0, 0.1) is 0 Å². The van der Waals surface area contributed by atoms with E-state index in [2.05, 4.69) is 0 Å². The van der Waals surface area contributed by atoms with E-state index in [1.165, 1.54) is 17.0 Å². The number of ether oxygens (including phenoxy) is 3. The molecule has 0 aliphatic carbocycles. The number of Topliss-reactive ketones (excluding diaryl/α,β-unsaturated/α-hetero) is 1. The van der Waals surface area contributed by atoms with Crippen molar-refractivity contribution in [3.8, 4) is 17.2 Å². The van der Waals surface area contributed by atoms with Crippen molar-refractivity contribution < 1.29 is 34.0 Å². The van der Waals surface area contributed by atoms with E-state index in [1.807, 2.05) is 0 Å². The van der Waals surface area contributed by atoms with Crippen LogP contribution in [0.4, 0.5) is 0 Å². The number of carbonyl (C=O) groups excluding carboxylic acids is 2. The van der Waals surface area contributed by atoms with Crippen molar-refractivity contribution >= 4 is 29.1 Å². The monoisotopic (exact) mass is 445 g/mol. The van der Waals surface area contributed by atoms with E-state index in [0.29, 0.717) is 35.7 Å². The summed E-state index contributed by atoms with van der Waals surface area (Å²) in [6, 6.07) is 8.31. The molecule has 0 spiro atoms. The first-order valence-electron chi connectivity index (χ1n) is 9.58. The standard InChI is InChI=1S/C22H20ClNO7/c1-29-8-2-7-24-19(12-3-5-15(25)14(23)9-12)18(21(27)22(24)28)20(26)13-4-6-16-17(10-13)31-11-30-16/h3-6,9-10,19,25-26H,2,7-8,11H2,1H3/b20-18-. The molecule has 31 heavy (non-hydrogen) atoms. The molecule has 1 atom stereocenters. The van der Waals surface area contributed by atoms with E-state index < -0.39 is 17.7 Å². The topological polar surface area (TPSA) is 106 Å². The average Bonchev–Trinajstić information content (AvgIpc) is 3.33. The summed E-state index contributed by atoms with van der Waals surface area (Å²) >= 11 is 6.08. The molecule has 0 bridgehead atoms. The molecule has 2 aromatic rings. The van der Waals surface area contributed by atoms with Crippen LogP contribution in [-0.2, 0) is 14.3 Å². The van der Waals surface area contributed by atoms with Crippen molar-refractivity contribution in [3.63, 3.8) is 0 Å². The number of ketones is 1. The summed E-state index contributed by atoms with van der Waals surface area (Å²) in [5, 5.41) is 20.9. The molecule has 1 fully saturated rings. The second-order valence-corrected chi connectivity index (χ2v) is 7.52. The van der Waals surface area contributed by atoms with Gasteiger partial charge in [-0.05, 0) is 42.3 Å². The fourth-order valence-electron chi connectivity index (χ4n) is 3.73. The summed E-state index contributed by atoms with van der Waals surface area (Å²) in [6.07, 6.45) is 0.496. The first-order chi connectivity index (χ1) is 14.9. The van der Waals surface area contributed by atoms with Gasteiger partial charge in [-0.2, -0.15) is 0 Å². The first kappa shape index (κ1) is 21.0. The molecule has 1 saturated heterocycles. The maximum absolute atomic E-state index is 13.0. The van der Waals surface area contributed by atoms with Gasteiger partial charge in [0.25, 0.3) is 11.7 Å². The highest BCUT2D eigenvalue weighted by Gasteiger charge is 2.46. The highest BCUT2D eigenvalue weighted by atomic mass is 35.5. The normalized spacial score (nSPS) is 19.3. The summed E-state index contributed by atoms with van der Waals surface area (Å²) in [4.78, 5) is 27.2. The molecule has 0 radical (unpaired) electrons. The van der Waals surface area contributed by atoms with E-state index in [0.717, 1.165) is 0 Å². The third-order valence-corrected chi connectivity index (χ3v) is 5.52. The lowest BCUT2D eigenvalue weighted by molar-refractivity contribution is -0.140. The van der Waals surface area contributed by atoms with Crippen molar-refractivity contribution in [1.82, 2.24) is 4.90 Å². The van der Waals surface area contributed by atoms with E-state index in [9.17, 15) is 19.8 Å². The van der Waals surface area contributed by atoms with Gasteiger partial charge in [0.15, 0.2) is 11.5 Å². The molecular formula is C22H20ClNO7. The van der Waals surface area contributed by atoms with Gasteiger partial charge < -0.3 is 29.3 Å². The minimum atomic E-state index is -0.875. The van der Waals surface area contributed by atoms with Crippen molar-refractivity contribution in [1.29, 1.82) is 0 Å². The quantitative estimate of drug-likeness (QED) is 0.304. The molecule has 0 saturated carbocycles. The number of benzene rings is 2. The van der Waals surface area contributed by atoms with Crippen molar-refractivity contribution in [2.24, 2.45) is 0 Å². The Balaban J connectivity index is 1.82. The predicted molar refractivity (Wildman–Crippen MR) is 111 cm³/mol. The number of carbonyl (C=O) groups is 2. The average molecular weight is 446 g/mol. The van der Waals surface area contributed by atoms with Crippen LogP contribution in [0.25, 0.3) is 5.76 Å². The number of aliphatic hydroxyl groups excluding tert-OH is 1. The van der Waals surface area contributed by atoms with Crippen LogP contribution >= 0.6 is 11.6 Å². The zero-order valence-corrected chi connectivity index (χ0v) is 17.4. The van der Waals surface area contributed by atoms with Crippen molar-refractivity contribution in [3.05, 3.63) is 58.1 Å².